The Morgan fingerprint density at radius 2 is 2.04 bits per heavy atom. The summed E-state index contributed by atoms with van der Waals surface area (Å²) in [6, 6.07) is 10.2. The van der Waals surface area contributed by atoms with E-state index in [1.807, 2.05) is 44.2 Å². The average Bonchev–Trinajstić information content (AvgIpc) is 3.21. The molecule has 1 aliphatic heterocycles. The average molecular weight is 342 g/mol. The number of nitrogens with one attached hydrogen (secondary N) is 1. The van der Waals surface area contributed by atoms with E-state index >= 15 is 0 Å². The van der Waals surface area contributed by atoms with Crippen molar-refractivity contribution in [2.24, 2.45) is 5.73 Å². The molecule has 132 valence electrons. The normalized spacial score (nSPS) is 20.1. The molecule has 3 rings (SSSR count). The Balaban J connectivity index is 1.79. The van der Waals surface area contributed by atoms with Crippen LogP contribution in [0.15, 0.2) is 40.9 Å². The summed E-state index contributed by atoms with van der Waals surface area (Å²) in [5, 5.41) is 6.72. The van der Waals surface area contributed by atoms with Crippen molar-refractivity contribution in [3.63, 3.8) is 0 Å². The van der Waals surface area contributed by atoms with E-state index in [9.17, 15) is 9.59 Å². The van der Waals surface area contributed by atoms with E-state index in [1.54, 1.807) is 6.07 Å². The van der Waals surface area contributed by atoms with E-state index in [0.29, 0.717) is 18.7 Å². The van der Waals surface area contributed by atoms with Crippen molar-refractivity contribution < 1.29 is 14.1 Å². The highest BCUT2D eigenvalue weighted by Gasteiger charge is 2.39. The third-order valence-electron chi connectivity index (χ3n) is 4.12. The highest BCUT2D eigenvalue weighted by Crippen LogP contribution is 2.23. The number of benzene rings is 1. The van der Waals surface area contributed by atoms with Crippen LogP contribution in [0.5, 0.6) is 0 Å². The second kappa shape index (κ2) is 7.06. The summed E-state index contributed by atoms with van der Waals surface area (Å²) in [5.74, 6) is -0.0264. The van der Waals surface area contributed by atoms with E-state index in [4.69, 9.17) is 10.3 Å². The Labute approximate surface area is 146 Å². The molecule has 3 N–H and O–H groups in total. The fourth-order valence-corrected chi connectivity index (χ4v) is 2.98. The fraction of sp³-hybridized carbons (Fsp3) is 0.389. The minimum absolute atomic E-state index is 0.00184. The number of carbonyl (C=O) groups is 2. The summed E-state index contributed by atoms with van der Waals surface area (Å²) in [6.45, 7) is 4.08. The van der Waals surface area contributed by atoms with Gasteiger partial charge in [0.1, 0.15) is 6.04 Å². The second-order valence-electron chi connectivity index (χ2n) is 6.57. The maximum Gasteiger partial charge on any atom is 0.276 e. The van der Waals surface area contributed by atoms with Crippen LogP contribution in [0.3, 0.4) is 0 Å². The SMILES string of the molecule is CC(C)NC(=O)[C@@H]1C[C@H](N)CN1C(=O)c1cc(-c2ccccc2)on1. The third-order valence-corrected chi connectivity index (χ3v) is 4.12. The van der Waals surface area contributed by atoms with Crippen LogP contribution >= 0.6 is 0 Å². The van der Waals surface area contributed by atoms with Crippen LogP contribution in [0, 0.1) is 0 Å². The minimum Gasteiger partial charge on any atom is -0.355 e. The molecule has 2 aromatic rings. The lowest BCUT2D eigenvalue weighted by Crippen LogP contribution is -2.47. The maximum absolute atomic E-state index is 12.8. The number of rotatable bonds is 4. The largest absolute Gasteiger partial charge is 0.355 e. The summed E-state index contributed by atoms with van der Waals surface area (Å²) in [5.41, 5.74) is 6.99. The number of aromatic nitrogens is 1. The first-order valence-electron chi connectivity index (χ1n) is 8.34. The van der Waals surface area contributed by atoms with Crippen molar-refractivity contribution in [2.75, 3.05) is 6.54 Å². The lowest BCUT2D eigenvalue weighted by molar-refractivity contribution is -0.125. The number of hydrogen-bond donors (Lipinski definition) is 2. The van der Waals surface area contributed by atoms with Crippen LogP contribution in [0.1, 0.15) is 30.8 Å². The van der Waals surface area contributed by atoms with Gasteiger partial charge in [0.2, 0.25) is 5.91 Å². The predicted molar refractivity (Wildman–Crippen MR) is 92.6 cm³/mol. The van der Waals surface area contributed by atoms with Crippen LogP contribution in [0.25, 0.3) is 11.3 Å². The highest BCUT2D eigenvalue weighted by atomic mass is 16.5. The molecular formula is C18H22N4O3. The Bertz CT molecular complexity index is 757. The molecule has 1 aliphatic rings. The zero-order chi connectivity index (χ0) is 18.0. The fourth-order valence-electron chi connectivity index (χ4n) is 2.98. The quantitative estimate of drug-likeness (QED) is 0.875. The van der Waals surface area contributed by atoms with Crippen molar-refractivity contribution in [3.05, 3.63) is 42.1 Å². The van der Waals surface area contributed by atoms with Crippen molar-refractivity contribution in [1.29, 1.82) is 0 Å². The molecule has 25 heavy (non-hydrogen) atoms. The van der Waals surface area contributed by atoms with E-state index < -0.39 is 6.04 Å². The molecule has 2 heterocycles. The molecule has 7 nitrogen and oxygen atoms in total. The van der Waals surface area contributed by atoms with Gasteiger partial charge in [-0.15, -0.1) is 0 Å². The molecule has 1 saturated heterocycles. The molecule has 1 fully saturated rings. The van der Waals surface area contributed by atoms with Gasteiger partial charge in [0.15, 0.2) is 11.5 Å². The van der Waals surface area contributed by atoms with Gasteiger partial charge >= 0.3 is 0 Å². The molecule has 2 amide bonds. The highest BCUT2D eigenvalue weighted by molar-refractivity contribution is 5.97. The summed E-state index contributed by atoms with van der Waals surface area (Å²) in [6.07, 6.45) is 0.438. The Hall–Kier alpha value is -2.67. The topological polar surface area (TPSA) is 101 Å². The number of carbonyl (C=O) groups excluding carboxylic acids is 2. The molecule has 0 unspecified atom stereocenters. The van der Waals surface area contributed by atoms with E-state index in [1.165, 1.54) is 4.90 Å². The van der Waals surface area contributed by atoms with Gasteiger partial charge in [-0.05, 0) is 20.3 Å². The maximum atomic E-state index is 12.8. The molecule has 2 atom stereocenters. The van der Waals surface area contributed by atoms with Crippen molar-refractivity contribution in [3.8, 4) is 11.3 Å². The third kappa shape index (κ3) is 3.71. The first-order chi connectivity index (χ1) is 12.0. The van der Waals surface area contributed by atoms with Gasteiger partial charge in [0.25, 0.3) is 5.91 Å². The summed E-state index contributed by atoms with van der Waals surface area (Å²) in [7, 11) is 0. The second-order valence-corrected chi connectivity index (χ2v) is 6.57. The Kier molecular flexibility index (Phi) is 4.85. The van der Waals surface area contributed by atoms with Crippen molar-refractivity contribution >= 4 is 11.8 Å². The lowest BCUT2D eigenvalue weighted by Gasteiger charge is -2.23. The van der Waals surface area contributed by atoms with Gasteiger partial charge in [0.05, 0.1) is 0 Å². The van der Waals surface area contributed by atoms with Crippen LogP contribution in [-0.4, -0.2) is 46.5 Å². The predicted octanol–water partition coefficient (Wildman–Crippen LogP) is 1.41. The number of amides is 2. The van der Waals surface area contributed by atoms with Gasteiger partial charge in [-0.25, -0.2) is 0 Å². The molecule has 0 saturated carbocycles. The molecule has 1 aromatic heterocycles. The van der Waals surface area contributed by atoms with Crippen molar-refractivity contribution in [1.82, 2.24) is 15.4 Å². The first-order valence-corrected chi connectivity index (χ1v) is 8.34. The smallest absolute Gasteiger partial charge is 0.276 e. The molecule has 1 aromatic carbocycles. The van der Waals surface area contributed by atoms with E-state index in [0.717, 1.165) is 5.56 Å². The monoisotopic (exact) mass is 342 g/mol. The number of nitrogens with two attached hydrogens (primary N) is 1. The zero-order valence-corrected chi connectivity index (χ0v) is 14.3. The van der Waals surface area contributed by atoms with Gasteiger partial charge < -0.3 is 20.5 Å². The minimum atomic E-state index is -0.582. The van der Waals surface area contributed by atoms with Gasteiger partial charge in [-0.3, -0.25) is 9.59 Å². The van der Waals surface area contributed by atoms with Crippen molar-refractivity contribution in [2.45, 2.75) is 38.4 Å². The van der Waals surface area contributed by atoms with E-state index in [-0.39, 0.29) is 29.6 Å². The van der Waals surface area contributed by atoms with Gasteiger partial charge in [0, 0.05) is 30.3 Å². The summed E-state index contributed by atoms with van der Waals surface area (Å²) >= 11 is 0. The number of nitrogens with zero attached hydrogens (tertiary/aromatic N) is 2. The molecular weight excluding hydrogens is 320 g/mol. The van der Waals surface area contributed by atoms with E-state index in [2.05, 4.69) is 10.5 Å². The summed E-state index contributed by atoms with van der Waals surface area (Å²) < 4.78 is 5.29. The van der Waals surface area contributed by atoms with Crippen LogP contribution in [-0.2, 0) is 4.79 Å². The standard InChI is InChI=1S/C18H22N4O3/c1-11(2)20-17(23)15-8-13(19)10-22(15)18(24)14-9-16(25-21-14)12-6-4-3-5-7-12/h3-7,9,11,13,15H,8,10,19H2,1-2H3,(H,20,23)/t13-,15-/m0/s1. The number of likely N-dealkylation sites (tertiary alicyclic amines) is 1. The van der Waals surface area contributed by atoms with Gasteiger partial charge in [-0.1, -0.05) is 35.5 Å². The van der Waals surface area contributed by atoms with Gasteiger partial charge in [-0.2, -0.15) is 0 Å². The number of hydrogen-bond acceptors (Lipinski definition) is 5. The Morgan fingerprint density at radius 3 is 2.72 bits per heavy atom. The molecule has 0 spiro atoms. The van der Waals surface area contributed by atoms with Crippen LogP contribution in [0.2, 0.25) is 0 Å². The van der Waals surface area contributed by atoms with Crippen LogP contribution < -0.4 is 11.1 Å². The molecule has 7 heteroatoms. The lowest BCUT2D eigenvalue weighted by atomic mass is 10.1. The summed E-state index contributed by atoms with van der Waals surface area (Å²) in [4.78, 5) is 26.7. The Morgan fingerprint density at radius 1 is 1.32 bits per heavy atom. The zero-order valence-electron chi connectivity index (χ0n) is 14.3. The molecule has 0 aliphatic carbocycles. The molecule has 0 bridgehead atoms. The van der Waals surface area contributed by atoms with Crippen LogP contribution in [0.4, 0.5) is 0 Å². The molecule has 0 radical (unpaired) electrons. The first kappa shape index (κ1) is 17.2.